The quantitative estimate of drug-likeness (QED) is 0.687. The van der Waals surface area contributed by atoms with Crippen LogP contribution in [-0.4, -0.2) is 55.0 Å². The van der Waals surface area contributed by atoms with Gasteiger partial charge in [0.15, 0.2) is 0 Å². The molecule has 0 unspecified atom stereocenters. The summed E-state index contributed by atoms with van der Waals surface area (Å²) < 4.78 is 5.80. The first kappa shape index (κ1) is 20.8. The average molecular weight is 361 g/mol. The molecule has 0 atom stereocenters. The monoisotopic (exact) mass is 360 g/mol. The van der Waals surface area contributed by atoms with E-state index in [0.29, 0.717) is 19.1 Å². The first-order valence-corrected chi connectivity index (χ1v) is 10.0. The molecule has 4 nitrogen and oxygen atoms in total. The van der Waals surface area contributed by atoms with Gasteiger partial charge in [0, 0.05) is 32.6 Å². The number of carbonyl (C=O) groups excluding carboxylic acids is 1. The molecule has 0 bridgehead atoms. The van der Waals surface area contributed by atoms with Gasteiger partial charge in [-0.15, -0.1) is 0 Å². The topological polar surface area (TPSA) is 32.8 Å². The summed E-state index contributed by atoms with van der Waals surface area (Å²) in [6.07, 6.45) is 3.50. The van der Waals surface area contributed by atoms with E-state index in [-0.39, 0.29) is 11.3 Å². The zero-order valence-electron chi connectivity index (χ0n) is 17.3. The van der Waals surface area contributed by atoms with E-state index in [1.807, 2.05) is 24.1 Å². The van der Waals surface area contributed by atoms with Crippen LogP contribution in [0, 0.1) is 0 Å². The second-order valence-corrected chi connectivity index (χ2v) is 8.40. The van der Waals surface area contributed by atoms with Gasteiger partial charge in [-0.1, -0.05) is 39.8 Å². The molecule has 2 rings (SSSR count). The van der Waals surface area contributed by atoms with Gasteiger partial charge in [0.1, 0.15) is 5.75 Å². The van der Waals surface area contributed by atoms with E-state index >= 15 is 0 Å². The highest BCUT2D eigenvalue weighted by Gasteiger charge is 2.24. The SMILES string of the molecule is CCN1CCC(N(C)C(=O)CCCOc2ccc(C(C)(C)C)cc2)CC1. The van der Waals surface area contributed by atoms with Crippen LogP contribution in [0.4, 0.5) is 0 Å². The lowest BCUT2D eigenvalue weighted by Crippen LogP contribution is -2.45. The molecule has 1 saturated heterocycles. The molecule has 1 aliphatic heterocycles. The molecule has 1 heterocycles. The van der Waals surface area contributed by atoms with Gasteiger partial charge in [-0.3, -0.25) is 4.79 Å². The number of piperidine rings is 1. The largest absolute Gasteiger partial charge is 0.494 e. The van der Waals surface area contributed by atoms with Crippen LogP contribution in [0.15, 0.2) is 24.3 Å². The number of hydrogen-bond acceptors (Lipinski definition) is 3. The highest BCUT2D eigenvalue weighted by atomic mass is 16.5. The lowest BCUT2D eigenvalue weighted by atomic mass is 9.87. The Bertz CT molecular complexity index is 555. The Kier molecular flexibility index (Phi) is 7.51. The minimum atomic E-state index is 0.156. The Morgan fingerprint density at radius 3 is 2.35 bits per heavy atom. The van der Waals surface area contributed by atoms with Crippen LogP contribution < -0.4 is 4.74 Å². The molecule has 1 fully saturated rings. The fraction of sp³-hybridized carbons (Fsp3) is 0.682. The second kappa shape index (κ2) is 9.40. The van der Waals surface area contributed by atoms with Crippen molar-refractivity contribution in [1.29, 1.82) is 0 Å². The Morgan fingerprint density at radius 1 is 1.19 bits per heavy atom. The van der Waals surface area contributed by atoms with Crippen LogP contribution in [0.5, 0.6) is 5.75 Å². The second-order valence-electron chi connectivity index (χ2n) is 8.40. The summed E-state index contributed by atoms with van der Waals surface area (Å²) in [6, 6.07) is 8.69. The van der Waals surface area contributed by atoms with Crippen molar-refractivity contribution in [3.63, 3.8) is 0 Å². The summed E-state index contributed by atoms with van der Waals surface area (Å²) >= 11 is 0. The van der Waals surface area contributed by atoms with Crippen molar-refractivity contribution >= 4 is 5.91 Å². The number of hydrogen-bond donors (Lipinski definition) is 0. The lowest BCUT2D eigenvalue weighted by molar-refractivity contribution is -0.133. The van der Waals surface area contributed by atoms with Crippen LogP contribution in [0.3, 0.4) is 0 Å². The summed E-state index contributed by atoms with van der Waals surface area (Å²) in [5.74, 6) is 1.12. The molecule has 0 aliphatic carbocycles. The maximum Gasteiger partial charge on any atom is 0.222 e. The van der Waals surface area contributed by atoms with Crippen molar-refractivity contribution in [1.82, 2.24) is 9.80 Å². The number of rotatable bonds is 7. The van der Waals surface area contributed by atoms with E-state index in [0.717, 1.165) is 44.6 Å². The molecule has 1 aromatic carbocycles. The third kappa shape index (κ3) is 6.01. The van der Waals surface area contributed by atoms with E-state index in [4.69, 9.17) is 4.74 Å². The van der Waals surface area contributed by atoms with Crippen molar-refractivity contribution in [3.05, 3.63) is 29.8 Å². The fourth-order valence-electron chi connectivity index (χ4n) is 3.47. The van der Waals surface area contributed by atoms with E-state index in [9.17, 15) is 4.79 Å². The van der Waals surface area contributed by atoms with Crippen LogP contribution in [0.25, 0.3) is 0 Å². The molecular formula is C22H36N2O2. The van der Waals surface area contributed by atoms with Gasteiger partial charge in [-0.05, 0) is 48.9 Å². The minimum absolute atomic E-state index is 0.156. The van der Waals surface area contributed by atoms with Crippen LogP contribution >= 0.6 is 0 Å². The third-order valence-electron chi connectivity index (χ3n) is 5.47. The van der Waals surface area contributed by atoms with Gasteiger partial charge in [-0.25, -0.2) is 0 Å². The normalized spacial score (nSPS) is 16.5. The number of benzene rings is 1. The Morgan fingerprint density at radius 2 is 1.81 bits per heavy atom. The number of likely N-dealkylation sites (tertiary alicyclic amines) is 1. The van der Waals surface area contributed by atoms with Crippen molar-refractivity contribution in [3.8, 4) is 5.75 Å². The third-order valence-corrected chi connectivity index (χ3v) is 5.47. The summed E-state index contributed by atoms with van der Waals surface area (Å²) in [4.78, 5) is 16.8. The molecular weight excluding hydrogens is 324 g/mol. The predicted octanol–water partition coefficient (Wildman–Crippen LogP) is 4.09. The summed E-state index contributed by atoms with van der Waals surface area (Å²) in [6.45, 7) is 12.7. The molecule has 0 N–H and O–H groups in total. The first-order chi connectivity index (χ1) is 12.3. The van der Waals surface area contributed by atoms with Gasteiger partial charge >= 0.3 is 0 Å². The van der Waals surface area contributed by atoms with Gasteiger partial charge in [-0.2, -0.15) is 0 Å². The summed E-state index contributed by atoms with van der Waals surface area (Å²) in [5.41, 5.74) is 1.46. The number of amides is 1. The molecule has 26 heavy (non-hydrogen) atoms. The molecule has 0 saturated carbocycles. The Balaban J connectivity index is 1.68. The molecule has 1 aliphatic rings. The van der Waals surface area contributed by atoms with Crippen LogP contribution in [-0.2, 0) is 10.2 Å². The van der Waals surface area contributed by atoms with Gasteiger partial charge in [0.05, 0.1) is 6.61 Å². The lowest BCUT2D eigenvalue weighted by Gasteiger charge is -2.36. The predicted molar refractivity (Wildman–Crippen MR) is 108 cm³/mol. The molecule has 0 spiro atoms. The smallest absolute Gasteiger partial charge is 0.222 e. The number of ether oxygens (including phenoxy) is 1. The molecule has 4 heteroatoms. The molecule has 1 aromatic rings. The molecule has 146 valence electrons. The zero-order chi connectivity index (χ0) is 19.2. The average Bonchev–Trinajstić information content (AvgIpc) is 2.64. The molecule has 0 aromatic heterocycles. The zero-order valence-corrected chi connectivity index (χ0v) is 17.3. The van der Waals surface area contributed by atoms with E-state index in [1.165, 1.54) is 5.56 Å². The first-order valence-electron chi connectivity index (χ1n) is 10.0. The van der Waals surface area contributed by atoms with Crippen molar-refractivity contribution in [2.45, 2.75) is 64.8 Å². The van der Waals surface area contributed by atoms with Crippen molar-refractivity contribution in [2.24, 2.45) is 0 Å². The fourth-order valence-corrected chi connectivity index (χ4v) is 3.47. The minimum Gasteiger partial charge on any atom is -0.494 e. The van der Waals surface area contributed by atoms with Crippen molar-refractivity contribution < 1.29 is 9.53 Å². The number of carbonyl (C=O) groups is 1. The molecule has 1 amide bonds. The number of nitrogens with zero attached hydrogens (tertiary/aromatic N) is 2. The Hall–Kier alpha value is -1.55. The standard InChI is InChI=1S/C22H36N2O2/c1-6-24-15-13-19(14-16-24)23(5)21(25)8-7-17-26-20-11-9-18(10-12-20)22(2,3)4/h9-12,19H,6-8,13-17H2,1-5H3. The maximum atomic E-state index is 12.4. The maximum absolute atomic E-state index is 12.4. The summed E-state index contributed by atoms with van der Waals surface area (Å²) in [7, 11) is 1.96. The highest BCUT2D eigenvalue weighted by molar-refractivity contribution is 5.76. The van der Waals surface area contributed by atoms with Gasteiger partial charge in [0.25, 0.3) is 0 Å². The van der Waals surface area contributed by atoms with Crippen LogP contribution in [0.1, 0.15) is 58.9 Å². The molecule has 0 radical (unpaired) electrons. The van der Waals surface area contributed by atoms with Crippen molar-refractivity contribution in [2.75, 3.05) is 33.3 Å². The highest BCUT2D eigenvalue weighted by Crippen LogP contribution is 2.24. The van der Waals surface area contributed by atoms with E-state index in [1.54, 1.807) is 0 Å². The van der Waals surface area contributed by atoms with Crippen LogP contribution in [0.2, 0.25) is 0 Å². The summed E-state index contributed by atoms with van der Waals surface area (Å²) in [5, 5.41) is 0. The Labute approximate surface area is 159 Å². The van der Waals surface area contributed by atoms with Gasteiger partial charge < -0.3 is 14.5 Å². The van der Waals surface area contributed by atoms with E-state index in [2.05, 4.69) is 44.7 Å². The van der Waals surface area contributed by atoms with Gasteiger partial charge in [0.2, 0.25) is 5.91 Å². The van der Waals surface area contributed by atoms with E-state index < -0.39 is 0 Å².